The van der Waals surface area contributed by atoms with Crippen LogP contribution in [0.1, 0.15) is 22.8 Å². The number of halogens is 1. The van der Waals surface area contributed by atoms with E-state index in [2.05, 4.69) is 0 Å². The van der Waals surface area contributed by atoms with Gasteiger partial charge in [-0.2, -0.15) is 0 Å². The molecule has 0 radical (unpaired) electrons. The summed E-state index contributed by atoms with van der Waals surface area (Å²) in [5.41, 5.74) is 0.823. The van der Waals surface area contributed by atoms with Crippen molar-refractivity contribution in [1.82, 2.24) is 0 Å². The molecule has 0 bridgehead atoms. The maximum Gasteiger partial charge on any atom is 0.162 e. The molecule has 0 aliphatic rings. The molecular weight excluding hydrogens is 287 g/mol. The monoisotopic (exact) mass is 304 g/mol. The summed E-state index contributed by atoms with van der Waals surface area (Å²) in [6.07, 6.45) is 0. The van der Waals surface area contributed by atoms with E-state index in [0.29, 0.717) is 17.2 Å². The van der Waals surface area contributed by atoms with Gasteiger partial charge in [0.15, 0.2) is 5.78 Å². The number of methoxy groups -OCH3 is 2. The average molecular weight is 304 g/mol. The van der Waals surface area contributed by atoms with Gasteiger partial charge < -0.3 is 14.2 Å². The van der Waals surface area contributed by atoms with Crippen molar-refractivity contribution in [2.24, 2.45) is 0 Å². The lowest BCUT2D eigenvalue weighted by Crippen LogP contribution is -2.01. The molecule has 5 heteroatoms. The van der Waals surface area contributed by atoms with Crippen molar-refractivity contribution >= 4 is 5.78 Å². The lowest BCUT2D eigenvalue weighted by molar-refractivity contribution is 0.101. The van der Waals surface area contributed by atoms with E-state index in [-0.39, 0.29) is 18.0 Å². The van der Waals surface area contributed by atoms with Crippen LogP contribution >= 0.6 is 0 Å². The van der Waals surface area contributed by atoms with Crippen LogP contribution in [0.3, 0.4) is 0 Å². The van der Waals surface area contributed by atoms with Gasteiger partial charge in [-0.05, 0) is 37.3 Å². The lowest BCUT2D eigenvalue weighted by Gasteiger charge is -2.12. The Kier molecular flexibility index (Phi) is 4.99. The molecule has 0 heterocycles. The lowest BCUT2D eigenvalue weighted by atomic mass is 10.1. The van der Waals surface area contributed by atoms with Crippen molar-refractivity contribution in [3.63, 3.8) is 0 Å². The van der Waals surface area contributed by atoms with Gasteiger partial charge in [-0.1, -0.05) is 0 Å². The number of hydrogen-bond acceptors (Lipinski definition) is 4. The SMILES string of the molecule is COc1ccc(OC)c(COc2ccc(C(C)=O)c(F)c2)c1. The van der Waals surface area contributed by atoms with E-state index in [4.69, 9.17) is 14.2 Å². The topological polar surface area (TPSA) is 44.8 Å². The predicted octanol–water partition coefficient (Wildman–Crippen LogP) is 3.62. The zero-order valence-corrected chi connectivity index (χ0v) is 12.7. The largest absolute Gasteiger partial charge is 0.497 e. The van der Waals surface area contributed by atoms with Crippen LogP contribution < -0.4 is 14.2 Å². The summed E-state index contributed by atoms with van der Waals surface area (Å²) < 4.78 is 29.7. The number of ketones is 1. The van der Waals surface area contributed by atoms with E-state index in [0.717, 1.165) is 5.56 Å². The third kappa shape index (κ3) is 3.55. The number of hydrogen-bond donors (Lipinski definition) is 0. The maximum absolute atomic E-state index is 13.7. The molecule has 0 unspecified atom stereocenters. The quantitative estimate of drug-likeness (QED) is 0.765. The van der Waals surface area contributed by atoms with E-state index in [1.54, 1.807) is 38.5 Å². The minimum atomic E-state index is -0.595. The fourth-order valence-corrected chi connectivity index (χ4v) is 2.03. The fraction of sp³-hybridized carbons (Fsp3) is 0.235. The molecule has 0 atom stereocenters. The first kappa shape index (κ1) is 15.8. The molecule has 0 fully saturated rings. The molecule has 0 amide bonds. The van der Waals surface area contributed by atoms with Crippen LogP contribution in [0.2, 0.25) is 0 Å². The van der Waals surface area contributed by atoms with Gasteiger partial charge in [0.1, 0.15) is 29.7 Å². The van der Waals surface area contributed by atoms with Crippen LogP contribution in [0.5, 0.6) is 17.2 Å². The second-order valence-electron chi connectivity index (χ2n) is 4.66. The minimum absolute atomic E-state index is 0.0475. The standard InChI is InChI=1S/C17H17FO4/c1-11(19)15-6-4-14(9-16(15)18)22-10-12-8-13(20-2)5-7-17(12)21-3/h4-9H,10H2,1-3H3. The Balaban J connectivity index is 2.16. The third-order valence-electron chi connectivity index (χ3n) is 3.20. The van der Waals surface area contributed by atoms with E-state index in [1.807, 2.05) is 0 Å². The Morgan fingerprint density at radius 3 is 2.36 bits per heavy atom. The molecule has 2 aromatic rings. The Morgan fingerprint density at radius 2 is 1.77 bits per heavy atom. The highest BCUT2D eigenvalue weighted by atomic mass is 19.1. The van der Waals surface area contributed by atoms with Crippen molar-refractivity contribution in [3.8, 4) is 17.2 Å². The minimum Gasteiger partial charge on any atom is -0.497 e. The normalized spacial score (nSPS) is 10.2. The number of carbonyl (C=O) groups excluding carboxylic acids is 1. The highest BCUT2D eigenvalue weighted by Crippen LogP contribution is 2.26. The number of ether oxygens (including phenoxy) is 3. The van der Waals surface area contributed by atoms with Crippen LogP contribution in [-0.4, -0.2) is 20.0 Å². The average Bonchev–Trinajstić information content (AvgIpc) is 2.52. The van der Waals surface area contributed by atoms with Crippen molar-refractivity contribution in [1.29, 1.82) is 0 Å². The summed E-state index contributed by atoms with van der Waals surface area (Å²) in [5, 5.41) is 0. The Morgan fingerprint density at radius 1 is 1.05 bits per heavy atom. The smallest absolute Gasteiger partial charge is 0.162 e. The molecule has 2 aromatic carbocycles. The van der Waals surface area contributed by atoms with Gasteiger partial charge in [0.05, 0.1) is 19.8 Å². The van der Waals surface area contributed by atoms with Crippen LogP contribution in [0.25, 0.3) is 0 Å². The highest BCUT2D eigenvalue weighted by Gasteiger charge is 2.10. The second kappa shape index (κ2) is 6.93. The van der Waals surface area contributed by atoms with Crippen LogP contribution in [0.15, 0.2) is 36.4 Å². The number of benzene rings is 2. The molecule has 0 spiro atoms. The Hall–Kier alpha value is -2.56. The van der Waals surface area contributed by atoms with Crippen molar-refractivity contribution in [2.75, 3.05) is 14.2 Å². The van der Waals surface area contributed by atoms with Crippen LogP contribution in [0, 0.1) is 5.82 Å². The first-order chi connectivity index (χ1) is 10.5. The van der Waals surface area contributed by atoms with Gasteiger partial charge in [0, 0.05) is 11.6 Å². The van der Waals surface area contributed by atoms with Crippen LogP contribution in [0.4, 0.5) is 4.39 Å². The molecule has 0 aromatic heterocycles. The highest BCUT2D eigenvalue weighted by molar-refractivity contribution is 5.94. The van der Waals surface area contributed by atoms with Gasteiger partial charge in [-0.3, -0.25) is 4.79 Å². The first-order valence-electron chi connectivity index (χ1n) is 6.69. The summed E-state index contributed by atoms with van der Waals surface area (Å²) in [4.78, 5) is 11.2. The predicted molar refractivity (Wildman–Crippen MR) is 80.3 cm³/mol. The fourth-order valence-electron chi connectivity index (χ4n) is 2.03. The van der Waals surface area contributed by atoms with Crippen molar-refractivity contribution in [3.05, 3.63) is 53.3 Å². The number of rotatable bonds is 6. The summed E-state index contributed by atoms with van der Waals surface area (Å²) in [6.45, 7) is 1.51. The van der Waals surface area contributed by atoms with Gasteiger partial charge in [-0.25, -0.2) is 4.39 Å². The summed E-state index contributed by atoms with van der Waals surface area (Å²) in [6, 6.07) is 9.52. The van der Waals surface area contributed by atoms with E-state index in [1.165, 1.54) is 19.1 Å². The number of carbonyl (C=O) groups is 1. The molecule has 0 saturated carbocycles. The van der Waals surface area contributed by atoms with Crippen molar-refractivity contribution in [2.45, 2.75) is 13.5 Å². The zero-order valence-electron chi connectivity index (χ0n) is 12.7. The molecule has 0 N–H and O–H groups in total. The van der Waals surface area contributed by atoms with E-state index in [9.17, 15) is 9.18 Å². The Labute approximate surface area is 128 Å². The molecule has 116 valence electrons. The van der Waals surface area contributed by atoms with E-state index >= 15 is 0 Å². The van der Waals surface area contributed by atoms with Gasteiger partial charge >= 0.3 is 0 Å². The molecule has 0 aliphatic heterocycles. The van der Waals surface area contributed by atoms with Gasteiger partial charge in [0.2, 0.25) is 0 Å². The molecular formula is C17H17FO4. The van der Waals surface area contributed by atoms with Crippen molar-refractivity contribution < 1.29 is 23.4 Å². The van der Waals surface area contributed by atoms with Gasteiger partial charge in [-0.15, -0.1) is 0 Å². The summed E-state index contributed by atoms with van der Waals surface area (Å²) in [7, 11) is 3.13. The third-order valence-corrected chi connectivity index (χ3v) is 3.20. The second-order valence-corrected chi connectivity index (χ2v) is 4.66. The first-order valence-corrected chi connectivity index (χ1v) is 6.69. The zero-order chi connectivity index (χ0) is 16.1. The molecule has 0 saturated heterocycles. The summed E-state index contributed by atoms with van der Waals surface area (Å²) >= 11 is 0. The van der Waals surface area contributed by atoms with Crippen LogP contribution in [-0.2, 0) is 6.61 Å². The van der Waals surface area contributed by atoms with E-state index < -0.39 is 5.82 Å². The Bertz CT molecular complexity index is 682. The summed E-state index contributed by atoms with van der Waals surface area (Å²) in [5.74, 6) is 0.757. The maximum atomic E-state index is 13.7. The molecule has 4 nitrogen and oxygen atoms in total. The molecule has 2 rings (SSSR count). The molecule has 0 aliphatic carbocycles. The van der Waals surface area contributed by atoms with Gasteiger partial charge in [0.25, 0.3) is 0 Å². The molecule has 22 heavy (non-hydrogen) atoms. The number of Topliss-reactive ketones (excluding diaryl/α,β-unsaturated/α-hetero) is 1.